The van der Waals surface area contributed by atoms with Crippen LogP contribution in [0.1, 0.15) is 23.1 Å². The summed E-state index contributed by atoms with van der Waals surface area (Å²) in [7, 11) is 0. The zero-order valence-electron chi connectivity index (χ0n) is 11.0. The monoisotopic (exact) mass is 273 g/mol. The van der Waals surface area contributed by atoms with E-state index in [4.69, 9.17) is 5.73 Å². The lowest BCUT2D eigenvalue weighted by Crippen LogP contribution is -2.20. The molecule has 3 heteroatoms. The smallest absolute Gasteiger partial charge is 0.0870 e. The van der Waals surface area contributed by atoms with Crippen LogP contribution in [0.3, 0.4) is 0 Å². The second-order valence-electron chi connectivity index (χ2n) is 4.47. The largest absolute Gasteiger partial charge is 0.388 e. The summed E-state index contributed by atoms with van der Waals surface area (Å²) >= 11 is 1.69. The summed E-state index contributed by atoms with van der Waals surface area (Å²) in [5, 5.41) is 10.5. The Morgan fingerprint density at radius 1 is 1.00 bits per heavy atom. The Kier molecular flexibility index (Phi) is 5.02. The molecule has 0 amide bonds. The molecule has 0 spiro atoms. The third-order valence-corrected chi connectivity index (χ3v) is 4.06. The van der Waals surface area contributed by atoms with E-state index >= 15 is 0 Å². The highest BCUT2D eigenvalue weighted by Crippen LogP contribution is 2.30. The van der Waals surface area contributed by atoms with Gasteiger partial charge in [-0.05, 0) is 29.5 Å². The van der Waals surface area contributed by atoms with Crippen molar-refractivity contribution >= 4 is 11.8 Å². The highest BCUT2D eigenvalue weighted by molar-refractivity contribution is 7.98. The first kappa shape index (κ1) is 14.1. The highest BCUT2D eigenvalue weighted by atomic mass is 32.2. The molecule has 0 fully saturated rings. The number of aliphatic hydroxyl groups excluding tert-OH is 1. The third-order valence-electron chi connectivity index (χ3n) is 3.32. The highest BCUT2D eigenvalue weighted by Gasteiger charge is 2.21. The molecule has 0 aromatic heterocycles. The molecule has 0 aliphatic rings. The van der Waals surface area contributed by atoms with Crippen molar-refractivity contribution in [3.05, 3.63) is 65.7 Å². The second-order valence-corrected chi connectivity index (χ2v) is 5.35. The molecule has 0 radical (unpaired) electrons. The maximum absolute atomic E-state index is 10.5. The zero-order chi connectivity index (χ0) is 13.7. The summed E-state index contributed by atoms with van der Waals surface area (Å²) in [4.78, 5) is 1.19. The average molecular weight is 273 g/mol. The Morgan fingerprint density at radius 3 is 2.16 bits per heavy atom. The van der Waals surface area contributed by atoms with Gasteiger partial charge in [-0.2, -0.15) is 0 Å². The minimum Gasteiger partial charge on any atom is -0.388 e. The number of nitrogens with two attached hydrogens (primary N) is 1. The minimum atomic E-state index is -0.566. The van der Waals surface area contributed by atoms with Gasteiger partial charge in [0.05, 0.1) is 6.10 Å². The maximum Gasteiger partial charge on any atom is 0.0870 e. The van der Waals surface area contributed by atoms with E-state index in [0.29, 0.717) is 6.54 Å². The summed E-state index contributed by atoms with van der Waals surface area (Å²) in [5.41, 5.74) is 7.82. The first-order valence-corrected chi connectivity index (χ1v) is 7.55. The molecule has 3 N–H and O–H groups in total. The van der Waals surface area contributed by atoms with Crippen molar-refractivity contribution < 1.29 is 5.11 Å². The van der Waals surface area contributed by atoms with Crippen LogP contribution < -0.4 is 5.73 Å². The molecule has 2 aromatic carbocycles. The van der Waals surface area contributed by atoms with E-state index in [9.17, 15) is 5.11 Å². The maximum atomic E-state index is 10.5. The van der Waals surface area contributed by atoms with E-state index in [1.165, 1.54) is 4.90 Å². The van der Waals surface area contributed by atoms with E-state index in [1.807, 2.05) is 60.9 Å². The SMILES string of the molecule is CSc1ccc(C(O)C(CN)c2ccccc2)cc1. The van der Waals surface area contributed by atoms with Gasteiger partial charge in [-0.1, -0.05) is 42.5 Å². The van der Waals surface area contributed by atoms with Crippen LogP contribution in [0, 0.1) is 0 Å². The molecule has 2 unspecified atom stereocenters. The lowest BCUT2D eigenvalue weighted by molar-refractivity contribution is 0.147. The topological polar surface area (TPSA) is 46.2 Å². The molecule has 0 saturated heterocycles. The Morgan fingerprint density at radius 2 is 1.63 bits per heavy atom. The van der Waals surface area contributed by atoms with Crippen molar-refractivity contribution in [3.8, 4) is 0 Å². The zero-order valence-corrected chi connectivity index (χ0v) is 11.8. The average Bonchev–Trinajstić information content (AvgIpc) is 2.49. The molecular weight excluding hydrogens is 254 g/mol. The molecule has 100 valence electrons. The Balaban J connectivity index is 2.22. The fraction of sp³-hybridized carbons (Fsp3) is 0.250. The predicted molar refractivity (Wildman–Crippen MR) is 81.4 cm³/mol. The first-order chi connectivity index (χ1) is 9.26. The van der Waals surface area contributed by atoms with Gasteiger partial charge in [-0.15, -0.1) is 11.8 Å². The lowest BCUT2D eigenvalue weighted by atomic mass is 9.89. The molecule has 0 aliphatic carbocycles. The summed E-state index contributed by atoms with van der Waals surface area (Å²) in [6.45, 7) is 0.426. The van der Waals surface area contributed by atoms with Gasteiger partial charge in [0.2, 0.25) is 0 Å². The quantitative estimate of drug-likeness (QED) is 0.822. The predicted octanol–water partition coefficient (Wildman–Crippen LogP) is 3.18. The summed E-state index contributed by atoms with van der Waals surface area (Å²) in [5.74, 6) is -0.0682. The van der Waals surface area contributed by atoms with Crippen molar-refractivity contribution in [2.45, 2.75) is 16.9 Å². The van der Waals surface area contributed by atoms with Crippen molar-refractivity contribution in [1.82, 2.24) is 0 Å². The van der Waals surface area contributed by atoms with Gasteiger partial charge in [0.15, 0.2) is 0 Å². The summed E-state index contributed by atoms with van der Waals surface area (Å²) < 4.78 is 0. The number of hydrogen-bond donors (Lipinski definition) is 2. The summed E-state index contributed by atoms with van der Waals surface area (Å²) in [6, 6.07) is 17.9. The second kappa shape index (κ2) is 6.75. The van der Waals surface area contributed by atoms with Crippen LogP contribution in [0.5, 0.6) is 0 Å². The third kappa shape index (κ3) is 3.38. The molecular formula is C16H19NOS. The molecule has 0 bridgehead atoms. The van der Waals surface area contributed by atoms with Crippen molar-refractivity contribution in [2.75, 3.05) is 12.8 Å². The summed E-state index contributed by atoms with van der Waals surface area (Å²) in [6.07, 6.45) is 1.47. The van der Waals surface area contributed by atoms with Crippen LogP contribution in [0.4, 0.5) is 0 Å². The van der Waals surface area contributed by atoms with Gasteiger partial charge in [0.1, 0.15) is 0 Å². The molecule has 0 aliphatic heterocycles. The van der Waals surface area contributed by atoms with Gasteiger partial charge in [-0.3, -0.25) is 0 Å². The molecule has 0 heterocycles. The fourth-order valence-corrected chi connectivity index (χ4v) is 2.59. The van der Waals surface area contributed by atoms with Crippen LogP contribution in [-0.2, 0) is 0 Å². The van der Waals surface area contributed by atoms with Crippen LogP contribution in [0.15, 0.2) is 59.5 Å². The van der Waals surface area contributed by atoms with E-state index in [0.717, 1.165) is 11.1 Å². The van der Waals surface area contributed by atoms with Gasteiger partial charge >= 0.3 is 0 Å². The number of hydrogen-bond acceptors (Lipinski definition) is 3. The van der Waals surface area contributed by atoms with E-state index in [1.54, 1.807) is 11.8 Å². The van der Waals surface area contributed by atoms with Crippen LogP contribution in [0.25, 0.3) is 0 Å². The standard InChI is InChI=1S/C16H19NOS/c1-19-14-9-7-13(8-10-14)16(18)15(11-17)12-5-3-2-4-6-12/h2-10,15-16,18H,11,17H2,1H3. The molecule has 19 heavy (non-hydrogen) atoms. The molecule has 2 atom stereocenters. The van der Waals surface area contributed by atoms with Crippen LogP contribution in [-0.4, -0.2) is 17.9 Å². The van der Waals surface area contributed by atoms with E-state index < -0.39 is 6.10 Å². The molecule has 2 rings (SSSR count). The first-order valence-electron chi connectivity index (χ1n) is 6.33. The van der Waals surface area contributed by atoms with Crippen LogP contribution >= 0.6 is 11.8 Å². The number of aliphatic hydroxyl groups is 1. The fourth-order valence-electron chi connectivity index (χ4n) is 2.18. The van der Waals surface area contributed by atoms with Crippen molar-refractivity contribution in [2.24, 2.45) is 5.73 Å². The van der Waals surface area contributed by atoms with Crippen molar-refractivity contribution in [3.63, 3.8) is 0 Å². The number of thioether (sulfide) groups is 1. The van der Waals surface area contributed by atoms with Gasteiger partial charge in [-0.25, -0.2) is 0 Å². The minimum absolute atomic E-state index is 0.0682. The molecule has 2 aromatic rings. The molecule has 2 nitrogen and oxygen atoms in total. The van der Waals surface area contributed by atoms with Gasteiger partial charge < -0.3 is 10.8 Å². The van der Waals surface area contributed by atoms with E-state index in [2.05, 4.69) is 0 Å². The van der Waals surface area contributed by atoms with E-state index in [-0.39, 0.29) is 5.92 Å². The molecule has 0 saturated carbocycles. The van der Waals surface area contributed by atoms with Crippen molar-refractivity contribution in [1.29, 1.82) is 0 Å². The Hall–Kier alpha value is -1.29. The lowest BCUT2D eigenvalue weighted by Gasteiger charge is -2.22. The number of rotatable bonds is 5. The van der Waals surface area contributed by atoms with Gasteiger partial charge in [0, 0.05) is 17.4 Å². The van der Waals surface area contributed by atoms with Crippen LogP contribution in [0.2, 0.25) is 0 Å². The Labute approximate surface area is 118 Å². The number of benzene rings is 2. The van der Waals surface area contributed by atoms with Gasteiger partial charge in [0.25, 0.3) is 0 Å². The normalized spacial score (nSPS) is 14.1. The Bertz CT molecular complexity index is 498.